The SMILES string of the molecule is C1=NCC2CCOCCN12. The van der Waals surface area contributed by atoms with E-state index in [0.717, 1.165) is 32.7 Å². The molecule has 1 fully saturated rings. The van der Waals surface area contributed by atoms with Crippen molar-refractivity contribution in [2.24, 2.45) is 4.99 Å². The van der Waals surface area contributed by atoms with Gasteiger partial charge in [0.15, 0.2) is 0 Å². The van der Waals surface area contributed by atoms with Crippen LogP contribution in [0, 0.1) is 0 Å². The van der Waals surface area contributed by atoms with Gasteiger partial charge in [0.25, 0.3) is 0 Å². The summed E-state index contributed by atoms with van der Waals surface area (Å²) in [6, 6.07) is 0.641. The number of ether oxygens (including phenoxy) is 1. The van der Waals surface area contributed by atoms with Crippen LogP contribution in [-0.4, -0.2) is 43.6 Å². The van der Waals surface area contributed by atoms with Crippen LogP contribution in [0.25, 0.3) is 0 Å². The molecule has 3 nitrogen and oxygen atoms in total. The summed E-state index contributed by atoms with van der Waals surface area (Å²) in [5, 5.41) is 0. The van der Waals surface area contributed by atoms with Crippen LogP contribution < -0.4 is 0 Å². The van der Waals surface area contributed by atoms with Gasteiger partial charge in [-0.2, -0.15) is 0 Å². The average Bonchev–Trinajstić information content (AvgIpc) is 2.28. The van der Waals surface area contributed by atoms with Gasteiger partial charge in [-0.1, -0.05) is 0 Å². The summed E-state index contributed by atoms with van der Waals surface area (Å²) in [7, 11) is 0. The molecule has 1 unspecified atom stereocenters. The molecule has 2 aliphatic rings. The highest BCUT2D eigenvalue weighted by Gasteiger charge is 2.21. The molecule has 0 aromatic carbocycles. The molecule has 2 aliphatic heterocycles. The fourth-order valence-electron chi connectivity index (χ4n) is 1.46. The summed E-state index contributed by atoms with van der Waals surface area (Å²) in [5.74, 6) is 0. The largest absolute Gasteiger partial charge is 0.380 e. The Balaban J connectivity index is 2.00. The quantitative estimate of drug-likeness (QED) is 0.477. The molecule has 1 saturated heterocycles. The minimum Gasteiger partial charge on any atom is -0.380 e. The topological polar surface area (TPSA) is 24.8 Å². The third kappa shape index (κ3) is 1.01. The Morgan fingerprint density at radius 1 is 1.50 bits per heavy atom. The fraction of sp³-hybridized carbons (Fsp3) is 0.857. The molecule has 0 aliphatic carbocycles. The van der Waals surface area contributed by atoms with Crippen molar-refractivity contribution in [3.63, 3.8) is 0 Å². The normalized spacial score (nSPS) is 32.0. The number of rotatable bonds is 0. The summed E-state index contributed by atoms with van der Waals surface area (Å²) in [5.41, 5.74) is 0. The monoisotopic (exact) mass is 140 g/mol. The maximum atomic E-state index is 5.33. The van der Waals surface area contributed by atoms with Crippen molar-refractivity contribution in [1.82, 2.24) is 4.90 Å². The highest BCUT2D eigenvalue weighted by Crippen LogP contribution is 2.11. The van der Waals surface area contributed by atoms with Crippen LogP contribution in [0.3, 0.4) is 0 Å². The van der Waals surface area contributed by atoms with Crippen molar-refractivity contribution in [2.45, 2.75) is 12.5 Å². The van der Waals surface area contributed by atoms with Gasteiger partial charge in [-0.05, 0) is 6.42 Å². The molecule has 3 heteroatoms. The van der Waals surface area contributed by atoms with Gasteiger partial charge in [0.1, 0.15) is 0 Å². The van der Waals surface area contributed by atoms with E-state index in [1.807, 2.05) is 6.34 Å². The lowest BCUT2D eigenvalue weighted by atomic mass is 10.2. The van der Waals surface area contributed by atoms with Gasteiger partial charge in [-0.15, -0.1) is 0 Å². The van der Waals surface area contributed by atoms with Crippen LogP contribution in [-0.2, 0) is 4.74 Å². The number of nitrogens with zero attached hydrogens (tertiary/aromatic N) is 2. The minimum absolute atomic E-state index is 0.641. The summed E-state index contributed by atoms with van der Waals surface area (Å²) in [6.07, 6.45) is 3.10. The molecule has 1 atom stereocenters. The van der Waals surface area contributed by atoms with E-state index in [-0.39, 0.29) is 0 Å². The lowest BCUT2D eigenvalue weighted by Crippen LogP contribution is -2.31. The molecule has 0 saturated carbocycles. The van der Waals surface area contributed by atoms with Gasteiger partial charge in [-0.3, -0.25) is 4.99 Å². The van der Waals surface area contributed by atoms with E-state index in [1.165, 1.54) is 0 Å². The smallest absolute Gasteiger partial charge is 0.0854 e. The van der Waals surface area contributed by atoms with Crippen LogP contribution in [0.1, 0.15) is 6.42 Å². The van der Waals surface area contributed by atoms with Crippen LogP contribution in [0.2, 0.25) is 0 Å². The third-order valence-corrected chi connectivity index (χ3v) is 2.10. The average molecular weight is 140 g/mol. The first kappa shape index (κ1) is 6.16. The number of aliphatic imine (C=N–C) groups is 1. The molecule has 0 bridgehead atoms. The van der Waals surface area contributed by atoms with E-state index in [4.69, 9.17) is 4.74 Å². The lowest BCUT2D eigenvalue weighted by molar-refractivity contribution is 0.147. The molecule has 0 aromatic heterocycles. The Bertz CT molecular complexity index is 147. The van der Waals surface area contributed by atoms with Crippen molar-refractivity contribution in [3.05, 3.63) is 0 Å². The number of hydrogen-bond acceptors (Lipinski definition) is 3. The molecule has 0 spiro atoms. The first-order valence-corrected chi connectivity index (χ1v) is 3.80. The van der Waals surface area contributed by atoms with Crippen molar-refractivity contribution < 1.29 is 4.74 Å². The highest BCUT2D eigenvalue weighted by molar-refractivity contribution is 5.58. The standard InChI is InChI=1S/C7H12N2O/c1-3-10-4-2-9-6-8-5-7(1)9/h6-7H,1-5H2. The lowest BCUT2D eigenvalue weighted by Gasteiger charge is -2.18. The Kier molecular flexibility index (Phi) is 1.59. The first-order chi connectivity index (χ1) is 4.97. The van der Waals surface area contributed by atoms with Gasteiger partial charge in [0, 0.05) is 13.2 Å². The third-order valence-electron chi connectivity index (χ3n) is 2.10. The van der Waals surface area contributed by atoms with Crippen LogP contribution in [0.15, 0.2) is 4.99 Å². The van der Waals surface area contributed by atoms with Crippen molar-refractivity contribution in [2.75, 3.05) is 26.3 Å². The summed E-state index contributed by atoms with van der Waals surface area (Å²) < 4.78 is 5.33. The minimum atomic E-state index is 0.641. The second kappa shape index (κ2) is 2.58. The number of hydrogen-bond donors (Lipinski definition) is 0. The van der Waals surface area contributed by atoms with E-state index in [1.54, 1.807) is 0 Å². The summed E-state index contributed by atoms with van der Waals surface area (Å²) in [4.78, 5) is 6.50. The van der Waals surface area contributed by atoms with E-state index in [0.29, 0.717) is 6.04 Å². The highest BCUT2D eigenvalue weighted by atomic mass is 16.5. The van der Waals surface area contributed by atoms with Crippen LogP contribution in [0.5, 0.6) is 0 Å². The Morgan fingerprint density at radius 3 is 3.50 bits per heavy atom. The van der Waals surface area contributed by atoms with Gasteiger partial charge in [0.05, 0.1) is 25.5 Å². The molecular formula is C7H12N2O. The second-order valence-electron chi connectivity index (χ2n) is 2.77. The predicted molar refractivity (Wildman–Crippen MR) is 39.3 cm³/mol. The van der Waals surface area contributed by atoms with Crippen molar-refractivity contribution >= 4 is 6.34 Å². The second-order valence-corrected chi connectivity index (χ2v) is 2.77. The molecule has 0 aromatic rings. The van der Waals surface area contributed by atoms with Crippen molar-refractivity contribution in [3.8, 4) is 0 Å². The Labute approximate surface area is 60.7 Å². The zero-order valence-electron chi connectivity index (χ0n) is 5.99. The van der Waals surface area contributed by atoms with Gasteiger partial charge < -0.3 is 9.64 Å². The van der Waals surface area contributed by atoms with Gasteiger partial charge >= 0.3 is 0 Å². The molecule has 0 N–H and O–H groups in total. The maximum Gasteiger partial charge on any atom is 0.0854 e. The molecule has 10 heavy (non-hydrogen) atoms. The van der Waals surface area contributed by atoms with Gasteiger partial charge in [-0.25, -0.2) is 0 Å². The molecule has 0 radical (unpaired) electrons. The van der Waals surface area contributed by atoms with Crippen LogP contribution >= 0.6 is 0 Å². The first-order valence-electron chi connectivity index (χ1n) is 3.80. The summed E-state index contributed by atoms with van der Waals surface area (Å²) in [6.45, 7) is 3.77. The van der Waals surface area contributed by atoms with E-state index in [9.17, 15) is 0 Å². The van der Waals surface area contributed by atoms with E-state index >= 15 is 0 Å². The number of fused-ring (bicyclic) bond motifs is 1. The van der Waals surface area contributed by atoms with Crippen LogP contribution in [0.4, 0.5) is 0 Å². The maximum absolute atomic E-state index is 5.33. The Hall–Kier alpha value is -0.570. The van der Waals surface area contributed by atoms with Gasteiger partial charge in [0.2, 0.25) is 0 Å². The molecule has 2 rings (SSSR count). The fourth-order valence-corrected chi connectivity index (χ4v) is 1.46. The van der Waals surface area contributed by atoms with Crippen molar-refractivity contribution in [1.29, 1.82) is 0 Å². The molecular weight excluding hydrogens is 128 g/mol. The molecule has 56 valence electrons. The summed E-state index contributed by atoms with van der Waals surface area (Å²) >= 11 is 0. The zero-order valence-corrected chi connectivity index (χ0v) is 5.99. The van der Waals surface area contributed by atoms with E-state index < -0.39 is 0 Å². The predicted octanol–water partition coefficient (Wildman–Crippen LogP) is 0.119. The zero-order chi connectivity index (χ0) is 6.81. The molecule has 0 amide bonds. The van der Waals surface area contributed by atoms with E-state index in [2.05, 4.69) is 9.89 Å². The Morgan fingerprint density at radius 2 is 2.50 bits per heavy atom. The molecule has 2 heterocycles.